The van der Waals surface area contributed by atoms with E-state index < -0.39 is 11.1 Å². The van der Waals surface area contributed by atoms with Crippen LogP contribution in [0.2, 0.25) is 0 Å². The van der Waals surface area contributed by atoms with Gasteiger partial charge in [-0.1, -0.05) is 23.9 Å². The molecule has 1 aliphatic heterocycles. The van der Waals surface area contributed by atoms with Crippen LogP contribution < -0.4 is 14.8 Å². The molecule has 3 aromatic rings. The number of hydrogen-bond acceptors (Lipinski definition) is 7. The lowest BCUT2D eigenvalue weighted by atomic mass is 10.2. The van der Waals surface area contributed by atoms with Gasteiger partial charge in [0.05, 0.1) is 10.8 Å². The summed E-state index contributed by atoms with van der Waals surface area (Å²) in [5.74, 6) is 0.594. The Balaban J connectivity index is 1.41. The summed E-state index contributed by atoms with van der Waals surface area (Å²) in [5, 5.41) is 10.2. The van der Waals surface area contributed by atoms with Crippen LogP contribution in [0.25, 0.3) is 11.5 Å². The van der Waals surface area contributed by atoms with E-state index in [9.17, 15) is 9.18 Å². The summed E-state index contributed by atoms with van der Waals surface area (Å²) in [7, 11) is 0. The number of rotatable bonds is 5. The minimum absolute atomic E-state index is 0.0685. The van der Waals surface area contributed by atoms with Crippen molar-refractivity contribution in [1.29, 1.82) is 0 Å². The number of fused-ring (bicyclic) bond motifs is 1. The molecule has 1 aromatic heterocycles. The van der Waals surface area contributed by atoms with Crippen LogP contribution in [0.3, 0.4) is 0 Å². The van der Waals surface area contributed by atoms with E-state index in [4.69, 9.17) is 13.9 Å². The molecule has 0 fully saturated rings. The third-order valence-electron chi connectivity index (χ3n) is 3.80. The van der Waals surface area contributed by atoms with Crippen molar-refractivity contribution in [3.8, 4) is 23.0 Å². The summed E-state index contributed by atoms with van der Waals surface area (Å²) in [6.45, 7) is 1.88. The monoisotopic (exact) mass is 387 g/mol. The number of benzene rings is 2. The minimum atomic E-state index is -0.510. The molecule has 2 aromatic carbocycles. The zero-order chi connectivity index (χ0) is 18.8. The maximum Gasteiger partial charge on any atom is 0.277 e. The van der Waals surface area contributed by atoms with Gasteiger partial charge < -0.3 is 19.2 Å². The van der Waals surface area contributed by atoms with E-state index in [-0.39, 0.29) is 29.4 Å². The van der Waals surface area contributed by atoms with Gasteiger partial charge in [-0.25, -0.2) is 4.39 Å². The fraction of sp³-hybridized carbons (Fsp3) is 0.167. The third kappa shape index (κ3) is 3.72. The summed E-state index contributed by atoms with van der Waals surface area (Å²) < 4.78 is 29.8. The number of nitrogens with zero attached hydrogens (tertiary/aromatic N) is 2. The van der Waals surface area contributed by atoms with Gasteiger partial charge in [-0.05, 0) is 31.2 Å². The van der Waals surface area contributed by atoms with Gasteiger partial charge in [-0.3, -0.25) is 4.79 Å². The highest BCUT2D eigenvalue weighted by molar-refractivity contribution is 8.00. The van der Waals surface area contributed by atoms with Crippen molar-refractivity contribution >= 4 is 23.4 Å². The van der Waals surface area contributed by atoms with Crippen molar-refractivity contribution in [2.75, 3.05) is 12.1 Å². The minimum Gasteiger partial charge on any atom is -0.454 e. The highest BCUT2D eigenvalue weighted by Crippen LogP contribution is 2.34. The second-order valence-electron chi connectivity index (χ2n) is 5.67. The normalized spacial score (nSPS) is 13.4. The van der Waals surface area contributed by atoms with Gasteiger partial charge in [0, 0.05) is 11.8 Å². The quantitative estimate of drug-likeness (QED) is 0.668. The third-order valence-corrected chi connectivity index (χ3v) is 4.73. The molecule has 0 aliphatic carbocycles. The molecule has 27 heavy (non-hydrogen) atoms. The standard InChI is InChI=1S/C18H14FN3O4S/c1-10(16(23)20-11-6-7-14-15(8-11)25-9-24-14)27-18-22-21-17(26-18)12-4-2-3-5-13(12)19/h2-8,10H,9H2,1H3,(H,20,23)/t10-/m1/s1. The molecule has 0 saturated heterocycles. The van der Waals surface area contributed by atoms with Gasteiger partial charge >= 0.3 is 0 Å². The Bertz CT molecular complexity index is 994. The first-order valence-electron chi connectivity index (χ1n) is 8.06. The summed E-state index contributed by atoms with van der Waals surface area (Å²) >= 11 is 1.09. The summed E-state index contributed by atoms with van der Waals surface area (Å²) in [6.07, 6.45) is 0. The Morgan fingerprint density at radius 1 is 1.19 bits per heavy atom. The Hall–Kier alpha value is -3.07. The number of halogens is 1. The van der Waals surface area contributed by atoms with Gasteiger partial charge in [-0.2, -0.15) is 0 Å². The number of aromatic nitrogens is 2. The van der Waals surface area contributed by atoms with Crippen molar-refractivity contribution in [3.63, 3.8) is 0 Å². The number of amides is 1. The summed E-state index contributed by atoms with van der Waals surface area (Å²) in [4.78, 5) is 12.4. The van der Waals surface area contributed by atoms with Crippen molar-refractivity contribution in [1.82, 2.24) is 10.2 Å². The van der Waals surface area contributed by atoms with Crippen molar-refractivity contribution in [3.05, 3.63) is 48.3 Å². The SMILES string of the molecule is C[C@@H](Sc1nnc(-c2ccccc2F)o1)C(=O)Nc1ccc2c(c1)OCO2. The van der Waals surface area contributed by atoms with E-state index in [1.165, 1.54) is 6.07 Å². The highest BCUT2D eigenvalue weighted by Gasteiger charge is 2.21. The van der Waals surface area contributed by atoms with Gasteiger partial charge in [0.1, 0.15) is 5.82 Å². The fourth-order valence-electron chi connectivity index (χ4n) is 2.42. The number of nitrogens with one attached hydrogen (secondary N) is 1. The molecule has 1 N–H and O–H groups in total. The maximum atomic E-state index is 13.8. The zero-order valence-electron chi connectivity index (χ0n) is 14.1. The van der Waals surface area contributed by atoms with Crippen LogP contribution >= 0.6 is 11.8 Å². The Kier molecular flexibility index (Phi) is 4.68. The van der Waals surface area contributed by atoms with Gasteiger partial charge in [-0.15, -0.1) is 10.2 Å². The molecule has 0 saturated carbocycles. The van der Waals surface area contributed by atoms with Crippen molar-refractivity contribution in [2.24, 2.45) is 0 Å². The molecule has 7 nitrogen and oxygen atoms in total. The van der Waals surface area contributed by atoms with Crippen LogP contribution in [0.15, 0.2) is 52.1 Å². The average molecular weight is 387 g/mol. The van der Waals surface area contributed by atoms with E-state index in [0.29, 0.717) is 17.2 Å². The lowest BCUT2D eigenvalue weighted by Crippen LogP contribution is -2.22. The molecule has 0 unspecified atom stereocenters. The second kappa shape index (κ2) is 7.28. The number of hydrogen-bond donors (Lipinski definition) is 1. The lowest BCUT2D eigenvalue weighted by Gasteiger charge is -2.10. The van der Waals surface area contributed by atoms with Gasteiger partial charge in [0.2, 0.25) is 12.7 Å². The number of carbonyl (C=O) groups is 1. The number of thioether (sulfide) groups is 1. The molecular formula is C18H14FN3O4S. The summed E-state index contributed by atoms with van der Waals surface area (Å²) in [6, 6.07) is 11.3. The Morgan fingerprint density at radius 2 is 2.00 bits per heavy atom. The fourth-order valence-corrected chi connectivity index (χ4v) is 3.11. The Morgan fingerprint density at radius 3 is 2.85 bits per heavy atom. The lowest BCUT2D eigenvalue weighted by molar-refractivity contribution is -0.115. The average Bonchev–Trinajstić information content (AvgIpc) is 3.31. The molecule has 1 atom stereocenters. The predicted molar refractivity (Wildman–Crippen MR) is 96.2 cm³/mol. The molecule has 2 heterocycles. The second-order valence-corrected chi connectivity index (χ2v) is 6.96. The zero-order valence-corrected chi connectivity index (χ0v) is 15.0. The number of ether oxygens (including phenoxy) is 2. The first-order valence-corrected chi connectivity index (χ1v) is 8.94. The topological polar surface area (TPSA) is 86.5 Å². The van der Waals surface area contributed by atoms with Crippen molar-refractivity contribution < 1.29 is 23.1 Å². The van der Waals surface area contributed by atoms with Gasteiger partial charge in [0.15, 0.2) is 11.5 Å². The van der Waals surface area contributed by atoms with Gasteiger partial charge in [0.25, 0.3) is 11.1 Å². The Labute approximate surface area is 157 Å². The molecule has 0 bridgehead atoms. The number of carbonyl (C=O) groups excluding carboxylic acids is 1. The van der Waals surface area contributed by atoms with E-state index in [1.807, 2.05) is 0 Å². The molecule has 9 heteroatoms. The molecule has 138 valence electrons. The molecule has 1 amide bonds. The first-order chi connectivity index (χ1) is 13.1. The molecule has 1 aliphatic rings. The molecule has 4 rings (SSSR count). The van der Waals surface area contributed by atoms with Crippen LogP contribution in [0, 0.1) is 5.82 Å². The van der Waals surface area contributed by atoms with Crippen LogP contribution in [0.1, 0.15) is 6.92 Å². The summed E-state index contributed by atoms with van der Waals surface area (Å²) in [5.41, 5.74) is 0.809. The van der Waals surface area contributed by atoms with E-state index in [2.05, 4.69) is 15.5 Å². The van der Waals surface area contributed by atoms with E-state index in [0.717, 1.165) is 11.8 Å². The molecule has 0 spiro atoms. The largest absolute Gasteiger partial charge is 0.454 e. The smallest absolute Gasteiger partial charge is 0.277 e. The highest BCUT2D eigenvalue weighted by atomic mass is 32.2. The molecule has 0 radical (unpaired) electrons. The maximum absolute atomic E-state index is 13.8. The molecular weight excluding hydrogens is 373 g/mol. The van der Waals surface area contributed by atoms with Crippen LogP contribution in [0.5, 0.6) is 11.5 Å². The van der Waals surface area contributed by atoms with Crippen LogP contribution in [0.4, 0.5) is 10.1 Å². The van der Waals surface area contributed by atoms with Crippen LogP contribution in [-0.2, 0) is 4.79 Å². The van der Waals surface area contributed by atoms with E-state index >= 15 is 0 Å². The van der Waals surface area contributed by atoms with Crippen LogP contribution in [-0.4, -0.2) is 28.1 Å². The van der Waals surface area contributed by atoms with Crippen molar-refractivity contribution in [2.45, 2.75) is 17.4 Å². The van der Waals surface area contributed by atoms with E-state index in [1.54, 1.807) is 43.3 Å². The first kappa shape index (κ1) is 17.3. The predicted octanol–water partition coefficient (Wildman–Crippen LogP) is 3.72. The number of anilines is 1.